The van der Waals surface area contributed by atoms with Crippen molar-refractivity contribution in [3.05, 3.63) is 65.5 Å². The molecule has 1 aliphatic heterocycles. The van der Waals surface area contributed by atoms with Gasteiger partial charge in [-0.15, -0.1) is 0 Å². The van der Waals surface area contributed by atoms with Crippen LogP contribution in [0.15, 0.2) is 48.5 Å². The maximum Gasteiger partial charge on any atom is 0.182 e. The molecule has 3 rings (SSSR count). The quantitative estimate of drug-likeness (QED) is 0.797. The van der Waals surface area contributed by atoms with Crippen molar-refractivity contribution in [2.24, 2.45) is 0 Å². The molecule has 0 saturated carbocycles. The van der Waals surface area contributed by atoms with Crippen LogP contribution in [-0.2, 0) is 6.42 Å². The number of hydrogen-bond donors (Lipinski definition) is 0. The largest absolute Gasteiger partial charge is 0.364 e. The van der Waals surface area contributed by atoms with E-state index in [1.807, 2.05) is 12.1 Å². The molecule has 0 atom stereocenters. The molecule has 1 heterocycles. The predicted molar refractivity (Wildman–Crippen MR) is 82.3 cm³/mol. The van der Waals surface area contributed by atoms with Gasteiger partial charge in [0.2, 0.25) is 0 Å². The molecule has 0 radical (unpaired) electrons. The molecule has 0 amide bonds. The van der Waals surface area contributed by atoms with Crippen molar-refractivity contribution < 1.29 is 9.18 Å². The molecule has 0 N–H and O–H groups in total. The molecule has 2 nitrogen and oxygen atoms in total. The summed E-state index contributed by atoms with van der Waals surface area (Å²) in [5.41, 5.74) is 2.87. The normalized spacial score (nSPS) is 14.4. The van der Waals surface area contributed by atoms with Crippen LogP contribution < -0.4 is 4.90 Å². The fourth-order valence-corrected chi connectivity index (χ4v) is 2.86. The lowest BCUT2D eigenvalue weighted by atomic mass is 10.1. The lowest BCUT2D eigenvalue weighted by molar-refractivity contribution is 0.0998. The van der Waals surface area contributed by atoms with Gasteiger partial charge in [-0.3, -0.25) is 4.79 Å². The van der Waals surface area contributed by atoms with Gasteiger partial charge >= 0.3 is 0 Å². The summed E-state index contributed by atoms with van der Waals surface area (Å²) < 4.78 is 13.2. The second-order valence-electron chi connectivity index (χ2n) is 5.44. The predicted octanol–water partition coefficient (Wildman–Crippen LogP) is 3.85. The zero-order valence-electron chi connectivity index (χ0n) is 11.9. The van der Waals surface area contributed by atoms with Crippen LogP contribution in [0.3, 0.4) is 0 Å². The Bertz CT molecular complexity index is 653. The van der Waals surface area contributed by atoms with Crippen molar-refractivity contribution in [1.82, 2.24) is 0 Å². The number of ketones is 1. The van der Waals surface area contributed by atoms with Crippen LogP contribution in [0, 0.1) is 5.82 Å². The molecular formula is C18H18FNO. The van der Waals surface area contributed by atoms with Crippen molar-refractivity contribution in [1.29, 1.82) is 0 Å². The molecule has 0 bridgehead atoms. The average Bonchev–Trinajstić information content (AvgIpc) is 2.70. The SMILES string of the molecule is O=C(CN1CCCCc2ccccc21)c1cccc(F)c1. The van der Waals surface area contributed by atoms with Gasteiger partial charge < -0.3 is 4.90 Å². The van der Waals surface area contributed by atoms with Crippen LogP contribution in [0.2, 0.25) is 0 Å². The Morgan fingerprint density at radius 3 is 2.81 bits per heavy atom. The Kier molecular flexibility index (Phi) is 4.00. The van der Waals surface area contributed by atoms with Gasteiger partial charge in [0.05, 0.1) is 6.54 Å². The van der Waals surface area contributed by atoms with Crippen molar-refractivity contribution in [3.8, 4) is 0 Å². The summed E-state index contributed by atoms with van der Waals surface area (Å²) in [6.45, 7) is 1.18. The summed E-state index contributed by atoms with van der Waals surface area (Å²) in [6, 6.07) is 14.2. The smallest absolute Gasteiger partial charge is 0.182 e. The molecule has 108 valence electrons. The van der Waals surface area contributed by atoms with Crippen molar-refractivity contribution in [2.75, 3.05) is 18.0 Å². The number of carbonyl (C=O) groups excluding carboxylic acids is 1. The minimum absolute atomic E-state index is 0.0359. The van der Waals surface area contributed by atoms with E-state index in [9.17, 15) is 9.18 Å². The number of nitrogens with zero attached hydrogens (tertiary/aromatic N) is 1. The molecule has 0 saturated heterocycles. The van der Waals surface area contributed by atoms with E-state index in [-0.39, 0.29) is 11.6 Å². The number of anilines is 1. The lowest BCUT2D eigenvalue weighted by Crippen LogP contribution is -2.30. The van der Waals surface area contributed by atoms with Crippen LogP contribution >= 0.6 is 0 Å². The van der Waals surface area contributed by atoms with E-state index >= 15 is 0 Å². The first kappa shape index (κ1) is 13.8. The standard InChI is InChI=1S/C18H18FNO/c19-16-9-5-8-15(12-16)18(21)13-20-11-4-3-7-14-6-1-2-10-17(14)20/h1-2,5-6,8-10,12H,3-4,7,11,13H2. The van der Waals surface area contributed by atoms with E-state index < -0.39 is 0 Å². The maximum atomic E-state index is 13.2. The molecular weight excluding hydrogens is 265 g/mol. The molecule has 2 aromatic carbocycles. The summed E-state index contributed by atoms with van der Waals surface area (Å²) >= 11 is 0. The van der Waals surface area contributed by atoms with Gasteiger partial charge in [-0.25, -0.2) is 4.39 Å². The molecule has 1 aliphatic rings. The Labute approximate surface area is 124 Å². The van der Waals surface area contributed by atoms with E-state index in [0.29, 0.717) is 12.1 Å². The Morgan fingerprint density at radius 2 is 1.95 bits per heavy atom. The number of hydrogen-bond acceptors (Lipinski definition) is 2. The van der Waals surface area contributed by atoms with Gasteiger partial charge in [0.1, 0.15) is 5.82 Å². The molecule has 2 aromatic rings. The molecule has 21 heavy (non-hydrogen) atoms. The van der Waals surface area contributed by atoms with Crippen molar-refractivity contribution in [2.45, 2.75) is 19.3 Å². The highest BCUT2D eigenvalue weighted by Gasteiger charge is 2.18. The zero-order valence-corrected chi connectivity index (χ0v) is 11.9. The first-order valence-corrected chi connectivity index (χ1v) is 7.35. The van der Waals surface area contributed by atoms with Crippen LogP contribution in [0.5, 0.6) is 0 Å². The zero-order chi connectivity index (χ0) is 14.7. The van der Waals surface area contributed by atoms with Crippen LogP contribution in [0.25, 0.3) is 0 Å². The van der Waals surface area contributed by atoms with E-state index in [0.717, 1.165) is 31.5 Å². The van der Waals surface area contributed by atoms with E-state index in [1.54, 1.807) is 12.1 Å². The lowest BCUT2D eigenvalue weighted by Gasteiger charge is -2.24. The van der Waals surface area contributed by atoms with Crippen LogP contribution in [0.1, 0.15) is 28.8 Å². The van der Waals surface area contributed by atoms with E-state index in [4.69, 9.17) is 0 Å². The summed E-state index contributed by atoms with van der Waals surface area (Å²) in [7, 11) is 0. The van der Waals surface area contributed by atoms with Gasteiger partial charge in [-0.1, -0.05) is 30.3 Å². The number of halogens is 1. The van der Waals surface area contributed by atoms with Gasteiger partial charge in [-0.2, -0.15) is 0 Å². The number of aryl methyl sites for hydroxylation is 1. The van der Waals surface area contributed by atoms with Crippen LogP contribution in [0.4, 0.5) is 10.1 Å². The fraction of sp³-hybridized carbons (Fsp3) is 0.278. The summed E-state index contributed by atoms with van der Waals surface area (Å²) in [5.74, 6) is -0.400. The fourth-order valence-electron chi connectivity index (χ4n) is 2.86. The number of benzene rings is 2. The number of para-hydroxylation sites is 1. The Hall–Kier alpha value is -2.16. The number of rotatable bonds is 3. The van der Waals surface area contributed by atoms with Crippen molar-refractivity contribution in [3.63, 3.8) is 0 Å². The topological polar surface area (TPSA) is 20.3 Å². The molecule has 0 aliphatic carbocycles. The Morgan fingerprint density at radius 1 is 1.10 bits per heavy atom. The third kappa shape index (κ3) is 3.13. The summed E-state index contributed by atoms with van der Waals surface area (Å²) in [6.07, 6.45) is 3.27. The Balaban J connectivity index is 1.83. The van der Waals surface area contributed by atoms with Gasteiger partial charge in [0.25, 0.3) is 0 Å². The second kappa shape index (κ2) is 6.08. The number of fused-ring (bicyclic) bond motifs is 1. The van der Waals surface area contributed by atoms with Crippen LogP contribution in [-0.4, -0.2) is 18.9 Å². The molecule has 0 unspecified atom stereocenters. The maximum absolute atomic E-state index is 13.2. The average molecular weight is 283 g/mol. The highest BCUT2D eigenvalue weighted by atomic mass is 19.1. The third-order valence-corrected chi connectivity index (χ3v) is 3.94. The van der Waals surface area contributed by atoms with Gasteiger partial charge in [-0.05, 0) is 43.0 Å². The molecule has 0 fully saturated rings. The first-order valence-electron chi connectivity index (χ1n) is 7.35. The van der Waals surface area contributed by atoms with E-state index in [1.165, 1.54) is 17.7 Å². The highest BCUT2D eigenvalue weighted by Crippen LogP contribution is 2.26. The molecule has 3 heteroatoms. The van der Waals surface area contributed by atoms with Gasteiger partial charge in [0, 0.05) is 17.8 Å². The number of Topliss-reactive ketones (excluding diaryl/α,β-unsaturated/α-hetero) is 1. The first-order chi connectivity index (χ1) is 10.2. The highest BCUT2D eigenvalue weighted by molar-refractivity contribution is 5.99. The number of carbonyl (C=O) groups is 1. The minimum Gasteiger partial charge on any atom is -0.364 e. The molecule has 0 aromatic heterocycles. The van der Waals surface area contributed by atoms with Gasteiger partial charge in [0.15, 0.2) is 5.78 Å². The third-order valence-electron chi connectivity index (χ3n) is 3.94. The second-order valence-corrected chi connectivity index (χ2v) is 5.44. The summed E-state index contributed by atoms with van der Waals surface area (Å²) in [5, 5.41) is 0. The summed E-state index contributed by atoms with van der Waals surface area (Å²) in [4.78, 5) is 14.5. The van der Waals surface area contributed by atoms with E-state index in [2.05, 4.69) is 17.0 Å². The monoisotopic (exact) mass is 283 g/mol. The van der Waals surface area contributed by atoms with Crippen molar-refractivity contribution >= 4 is 11.5 Å². The minimum atomic E-state index is -0.364. The molecule has 0 spiro atoms.